The van der Waals surface area contributed by atoms with E-state index in [1.54, 1.807) is 6.92 Å². The minimum atomic E-state index is -3.77. The molecule has 1 aliphatic rings. The van der Waals surface area contributed by atoms with Crippen molar-refractivity contribution in [2.24, 2.45) is 5.92 Å². The lowest BCUT2D eigenvalue weighted by atomic mass is 10.0. The van der Waals surface area contributed by atoms with Gasteiger partial charge in [-0.3, -0.25) is 10.1 Å². The van der Waals surface area contributed by atoms with Crippen LogP contribution in [0.1, 0.15) is 19.8 Å². The third-order valence-corrected chi connectivity index (χ3v) is 4.85. The summed E-state index contributed by atoms with van der Waals surface area (Å²) in [5.74, 6) is 0.127. The molecule has 1 atom stereocenters. The summed E-state index contributed by atoms with van der Waals surface area (Å²) in [6, 6.07) is 4.61. The van der Waals surface area contributed by atoms with Crippen LogP contribution in [0, 0.1) is 16.0 Å². The van der Waals surface area contributed by atoms with E-state index in [1.165, 1.54) is 12.1 Å². The predicted octanol–water partition coefficient (Wildman–Crippen LogP) is 1.03. The molecule has 1 saturated carbocycles. The lowest BCUT2D eigenvalue weighted by Gasteiger charge is -2.23. The Kier molecular flexibility index (Phi) is 3.81. The molecule has 0 aliphatic heterocycles. The van der Waals surface area contributed by atoms with E-state index in [-0.39, 0.29) is 23.0 Å². The number of benzene rings is 1. The van der Waals surface area contributed by atoms with Crippen molar-refractivity contribution in [3.63, 3.8) is 0 Å². The summed E-state index contributed by atoms with van der Waals surface area (Å²) < 4.78 is 26.4. The Morgan fingerprint density at radius 3 is 2.40 bits per heavy atom. The number of nitro benzene ring substituents is 1. The van der Waals surface area contributed by atoms with Crippen LogP contribution in [0.3, 0.4) is 0 Å². The van der Waals surface area contributed by atoms with Gasteiger partial charge in [-0.15, -0.1) is 0 Å². The van der Waals surface area contributed by atoms with Gasteiger partial charge in [-0.1, -0.05) is 0 Å². The first kappa shape index (κ1) is 14.9. The van der Waals surface area contributed by atoms with Crippen LogP contribution in [0.15, 0.2) is 29.2 Å². The molecule has 1 aromatic rings. The molecule has 2 N–H and O–H groups in total. The summed E-state index contributed by atoms with van der Waals surface area (Å²) in [5.41, 5.74) is -1.23. The van der Waals surface area contributed by atoms with Crippen molar-refractivity contribution in [3.8, 4) is 0 Å². The normalized spacial score (nSPS) is 18.5. The third-order valence-electron chi connectivity index (χ3n) is 3.43. The Bertz CT molecular complexity index is 605. The number of non-ortho nitro benzene ring substituents is 1. The van der Waals surface area contributed by atoms with E-state index < -0.39 is 20.5 Å². The van der Waals surface area contributed by atoms with E-state index in [9.17, 15) is 23.6 Å². The average molecular weight is 300 g/mol. The highest BCUT2D eigenvalue weighted by molar-refractivity contribution is 7.89. The summed E-state index contributed by atoms with van der Waals surface area (Å²) >= 11 is 0. The highest BCUT2D eigenvalue weighted by atomic mass is 32.2. The molecule has 2 rings (SSSR count). The van der Waals surface area contributed by atoms with Crippen LogP contribution < -0.4 is 4.72 Å². The summed E-state index contributed by atoms with van der Waals surface area (Å²) in [4.78, 5) is 9.85. The molecule has 0 amide bonds. The zero-order valence-electron chi connectivity index (χ0n) is 10.9. The van der Waals surface area contributed by atoms with Gasteiger partial charge in [0, 0.05) is 18.7 Å². The summed E-state index contributed by atoms with van der Waals surface area (Å²) in [6.07, 6.45) is 1.79. The van der Waals surface area contributed by atoms with E-state index in [4.69, 9.17) is 0 Å². The molecule has 110 valence electrons. The third kappa shape index (κ3) is 3.33. The zero-order valence-corrected chi connectivity index (χ0v) is 11.8. The Morgan fingerprint density at radius 1 is 1.40 bits per heavy atom. The number of nitrogens with zero attached hydrogens (tertiary/aromatic N) is 1. The first-order valence-corrected chi connectivity index (χ1v) is 7.67. The second-order valence-electron chi connectivity index (χ2n) is 5.21. The molecule has 0 heterocycles. The Morgan fingerprint density at radius 2 is 1.95 bits per heavy atom. The molecule has 0 radical (unpaired) electrons. The summed E-state index contributed by atoms with van der Waals surface area (Å²) in [5, 5.41) is 20.6. The van der Waals surface area contributed by atoms with Gasteiger partial charge < -0.3 is 5.11 Å². The van der Waals surface area contributed by atoms with Crippen molar-refractivity contribution in [2.75, 3.05) is 6.54 Å². The van der Waals surface area contributed by atoms with E-state index in [0.717, 1.165) is 25.0 Å². The Hall–Kier alpha value is -1.51. The molecule has 1 aliphatic carbocycles. The molecule has 0 aromatic heterocycles. The fraction of sp³-hybridized carbons (Fsp3) is 0.500. The molecule has 0 bridgehead atoms. The van der Waals surface area contributed by atoms with Crippen molar-refractivity contribution in [3.05, 3.63) is 34.4 Å². The van der Waals surface area contributed by atoms with Crippen molar-refractivity contribution in [1.29, 1.82) is 0 Å². The minimum absolute atomic E-state index is 0.0605. The molecular formula is C12H16N2O5S. The number of hydrogen-bond donors (Lipinski definition) is 2. The maximum absolute atomic E-state index is 12.0. The van der Waals surface area contributed by atoms with Crippen molar-refractivity contribution in [1.82, 2.24) is 4.72 Å². The van der Waals surface area contributed by atoms with E-state index >= 15 is 0 Å². The second kappa shape index (κ2) is 5.12. The quantitative estimate of drug-likeness (QED) is 0.602. The molecule has 7 nitrogen and oxygen atoms in total. The predicted molar refractivity (Wildman–Crippen MR) is 71.6 cm³/mol. The van der Waals surface area contributed by atoms with Crippen molar-refractivity contribution >= 4 is 15.7 Å². The number of hydrogen-bond acceptors (Lipinski definition) is 5. The van der Waals surface area contributed by atoms with Crippen LogP contribution >= 0.6 is 0 Å². The maximum atomic E-state index is 12.0. The standard InChI is InChI=1S/C12H16N2O5S/c1-12(15,9-2-3-9)8-13-20(18,19)11-6-4-10(5-7-11)14(16)17/h4-7,9,13,15H,2-3,8H2,1H3. The fourth-order valence-corrected chi connectivity index (χ4v) is 3.06. The van der Waals surface area contributed by atoms with Crippen LogP contribution in [0.25, 0.3) is 0 Å². The van der Waals surface area contributed by atoms with Gasteiger partial charge in [0.05, 0.1) is 15.4 Å². The number of nitrogens with one attached hydrogen (secondary N) is 1. The average Bonchev–Trinajstić information content (AvgIpc) is 3.21. The van der Waals surface area contributed by atoms with Gasteiger partial charge in [-0.25, -0.2) is 13.1 Å². The lowest BCUT2D eigenvalue weighted by molar-refractivity contribution is -0.384. The van der Waals surface area contributed by atoms with Gasteiger partial charge in [0.15, 0.2) is 0 Å². The summed E-state index contributed by atoms with van der Waals surface area (Å²) in [6.45, 7) is 1.53. The molecule has 1 fully saturated rings. The van der Waals surface area contributed by atoms with Crippen LogP contribution in [-0.4, -0.2) is 30.6 Å². The molecule has 20 heavy (non-hydrogen) atoms. The zero-order chi connectivity index (χ0) is 15.0. The molecule has 1 aromatic carbocycles. The highest BCUT2D eigenvalue weighted by Crippen LogP contribution is 2.39. The lowest BCUT2D eigenvalue weighted by Crippen LogP contribution is -2.42. The van der Waals surface area contributed by atoms with E-state index in [0.29, 0.717) is 0 Å². The first-order chi connectivity index (χ1) is 9.22. The maximum Gasteiger partial charge on any atom is 0.269 e. The molecule has 8 heteroatoms. The number of rotatable bonds is 6. The van der Waals surface area contributed by atoms with Crippen LogP contribution in [0.4, 0.5) is 5.69 Å². The van der Waals surface area contributed by atoms with Gasteiger partial charge in [0.25, 0.3) is 5.69 Å². The van der Waals surface area contributed by atoms with E-state index in [1.807, 2.05) is 0 Å². The number of aliphatic hydroxyl groups is 1. The monoisotopic (exact) mass is 300 g/mol. The Balaban J connectivity index is 2.08. The Labute approximate surface area is 116 Å². The van der Waals surface area contributed by atoms with Gasteiger partial charge in [-0.2, -0.15) is 0 Å². The van der Waals surface area contributed by atoms with Crippen LogP contribution in [-0.2, 0) is 10.0 Å². The van der Waals surface area contributed by atoms with Crippen molar-refractivity contribution in [2.45, 2.75) is 30.3 Å². The SMILES string of the molecule is CC(O)(CNS(=O)(=O)c1ccc([N+](=O)[O-])cc1)C1CC1. The second-order valence-corrected chi connectivity index (χ2v) is 6.97. The van der Waals surface area contributed by atoms with Crippen LogP contribution in [0.2, 0.25) is 0 Å². The number of sulfonamides is 1. The minimum Gasteiger partial charge on any atom is -0.389 e. The molecule has 1 unspecified atom stereocenters. The van der Waals surface area contributed by atoms with Gasteiger partial charge in [0.1, 0.15) is 0 Å². The summed E-state index contributed by atoms with van der Waals surface area (Å²) in [7, 11) is -3.77. The molecule has 0 spiro atoms. The van der Waals surface area contributed by atoms with E-state index in [2.05, 4.69) is 4.72 Å². The van der Waals surface area contributed by atoms with Gasteiger partial charge in [-0.05, 0) is 37.8 Å². The largest absolute Gasteiger partial charge is 0.389 e. The van der Waals surface area contributed by atoms with Crippen LogP contribution in [0.5, 0.6) is 0 Å². The number of nitro groups is 1. The highest BCUT2D eigenvalue weighted by Gasteiger charge is 2.40. The molecular weight excluding hydrogens is 284 g/mol. The smallest absolute Gasteiger partial charge is 0.269 e. The van der Waals surface area contributed by atoms with Gasteiger partial charge in [0.2, 0.25) is 10.0 Å². The molecule has 0 saturated heterocycles. The first-order valence-electron chi connectivity index (χ1n) is 6.19. The van der Waals surface area contributed by atoms with Gasteiger partial charge >= 0.3 is 0 Å². The topological polar surface area (TPSA) is 110 Å². The van der Waals surface area contributed by atoms with Crippen molar-refractivity contribution < 1.29 is 18.4 Å². The fourth-order valence-electron chi connectivity index (χ4n) is 1.92.